The van der Waals surface area contributed by atoms with E-state index in [-0.39, 0.29) is 23.6 Å². The number of nitrogens with zero attached hydrogens (tertiary/aromatic N) is 5. The van der Waals surface area contributed by atoms with E-state index >= 15 is 0 Å². The van der Waals surface area contributed by atoms with Crippen molar-refractivity contribution in [2.24, 2.45) is 13.0 Å². The normalized spacial score (nSPS) is 22.9. The molecule has 0 radical (unpaired) electrons. The highest BCUT2D eigenvalue weighted by Crippen LogP contribution is 2.31. The summed E-state index contributed by atoms with van der Waals surface area (Å²) in [5.74, 6) is 0.832. The fourth-order valence-electron chi connectivity index (χ4n) is 5.86. The Bertz CT molecular complexity index is 1380. The van der Waals surface area contributed by atoms with Crippen LogP contribution in [-0.4, -0.2) is 88.7 Å². The summed E-state index contributed by atoms with van der Waals surface area (Å²) in [6.45, 7) is 10.2. The first-order valence-corrected chi connectivity index (χ1v) is 13.6. The van der Waals surface area contributed by atoms with Gasteiger partial charge in [0.05, 0.1) is 41.9 Å². The summed E-state index contributed by atoms with van der Waals surface area (Å²) < 4.78 is 15.0. The molecule has 2 aliphatic heterocycles. The van der Waals surface area contributed by atoms with Crippen molar-refractivity contribution in [1.29, 1.82) is 0 Å². The maximum Gasteiger partial charge on any atom is 0.261 e. The van der Waals surface area contributed by atoms with Crippen LogP contribution in [0.1, 0.15) is 48.1 Å². The van der Waals surface area contributed by atoms with Gasteiger partial charge in [0.2, 0.25) is 0 Å². The Labute approximate surface area is 216 Å². The average Bonchev–Trinajstić information content (AvgIpc) is 3.36. The Morgan fingerprint density at radius 1 is 1.19 bits per heavy atom. The van der Waals surface area contributed by atoms with E-state index in [1.165, 1.54) is 12.8 Å². The fraction of sp³-hybridized carbons (Fsp3) is 0.607. The van der Waals surface area contributed by atoms with E-state index in [1.807, 2.05) is 28.6 Å². The Morgan fingerprint density at radius 2 is 2.03 bits per heavy atom. The third-order valence-corrected chi connectivity index (χ3v) is 8.40. The smallest absolute Gasteiger partial charge is 0.261 e. The largest absolute Gasteiger partial charge is 0.380 e. The molecule has 37 heavy (non-hydrogen) atoms. The quantitative estimate of drug-likeness (QED) is 0.458. The molecular formula is C28H37N5O4. The molecule has 2 saturated heterocycles. The molecule has 1 amide bonds. The van der Waals surface area contributed by atoms with Crippen LogP contribution in [0, 0.1) is 12.8 Å². The predicted octanol–water partition coefficient (Wildman–Crippen LogP) is 2.73. The average molecular weight is 508 g/mol. The van der Waals surface area contributed by atoms with Gasteiger partial charge in [-0.25, -0.2) is 0 Å². The molecule has 1 aromatic carbocycles. The van der Waals surface area contributed by atoms with Gasteiger partial charge in [0, 0.05) is 63.4 Å². The number of pyridine rings is 1. The zero-order valence-electron chi connectivity index (χ0n) is 22.1. The van der Waals surface area contributed by atoms with Gasteiger partial charge in [-0.2, -0.15) is 5.10 Å². The molecule has 0 unspecified atom stereocenters. The van der Waals surface area contributed by atoms with E-state index in [1.54, 1.807) is 17.8 Å². The number of amides is 1. The van der Waals surface area contributed by atoms with Crippen molar-refractivity contribution >= 4 is 27.7 Å². The number of piperazine rings is 1. The lowest BCUT2D eigenvalue weighted by atomic mass is 10.0. The summed E-state index contributed by atoms with van der Waals surface area (Å²) in [5.41, 5.74) is 3.11. The highest BCUT2D eigenvalue weighted by atomic mass is 16.5. The van der Waals surface area contributed by atoms with Gasteiger partial charge >= 0.3 is 0 Å². The topological polar surface area (TPSA) is 81.8 Å². The molecule has 3 aliphatic rings. The van der Waals surface area contributed by atoms with Crippen LogP contribution in [0.4, 0.5) is 0 Å². The number of fused-ring (bicyclic) bond motifs is 3. The van der Waals surface area contributed by atoms with Crippen LogP contribution >= 0.6 is 0 Å². The zero-order chi connectivity index (χ0) is 25.7. The summed E-state index contributed by atoms with van der Waals surface area (Å²) in [6, 6.07) is 4.32. The first kappa shape index (κ1) is 24.6. The van der Waals surface area contributed by atoms with Gasteiger partial charge in [-0.1, -0.05) is 0 Å². The van der Waals surface area contributed by atoms with Crippen LogP contribution in [0.5, 0.6) is 0 Å². The Balaban J connectivity index is 1.27. The predicted molar refractivity (Wildman–Crippen MR) is 142 cm³/mol. The minimum atomic E-state index is -0.0720. The summed E-state index contributed by atoms with van der Waals surface area (Å²) in [5, 5.41) is 6.05. The molecule has 9 heteroatoms. The molecule has 0 bridgehead atoms. The van der Waals surface area contributed by atoms with Gasteiger partial charge in [-0.05, 0) is 56.7 Å². The third kappa shape index (κ3) is 4.57. The van der Waals surface area contributed by atoms with Crippen molar-refractivity contribution in [3.63, 3.8) is 0 Å². The molecule has 1 saturated carbocycles. The second kappa shape index (κ2) is 9.85. The lowest BCUT2D eigenvalue weighted by Crippen LogP contribution is -2.54. The summed E-state index contributed by atoms with van der Waals surface area (Å²) >= 11 is 0. The number of aryl methyl sites for hydroxylation is 2. The lowest BCUT2D eigenvalue weighted by Gasteiger charge is -2.40. The number of carbonyl (C=O) groups is 1. The van der Waals surface area contributed by atoms with Gasteiger partial charge < -0.3 is 18.9 Å². The second-order valence-corrected chi connectivity index (χ2v) is 11.1. The van der Waals surface area contributed by atoms with Gasteiger partial charge in [-0.15, -0.1) is 0 Å². The minimum Gasteiger partial charge on any atom is -0.380 e. The maximum atomic E-state index is 13.8. The van der Waals surface area contributed by atoms with Crippen molar-refractivity contribution in [3.8, 4) is 0 Å². The van der Waals surface area contributed by atoms with Crippen LogP contribution in [0.15, 0.2) is 23.1 Å². The van der Waals surface area contributed by atoms with E-state index in [4.69, 9.17) is 9.47 Å². The number of hydrogen-bond acceptors (Lipinski definition) is 6. The van der Waals surface area contributed by atoms with Gasteiger partial charge in [-0.3, -0.25) is 19.2 Å². The second-order valence-electron chi connectivity index (χ2n) is 11.1. The van der Waals surface area contributed by atoms with E-state index in [9.17, 15) is 9.59 Å². The van der Waals surface area contributed by atoms with E-state index < -0.39 is 0 Å². The van der Waals surface area contributed by atoms with Gasteiger partial charge in [0.1, 0.15) is 0 Å². The molecule has 9 nitrogen and oxygen atoms in total. The highest BCUT2D eigenvalue weighted by Gasteiger charge is 2.29. The number of carbonyl (C=O) groups excluding carboxylic acids is 1. The number of aromatic nitrogens is 3. The van der Waals surface area contributed by atoms with Crippen molar-refractivity contribution in [3.05, 3.63) is 39.8 Å². The van der Waals surface area contributed by atoms with Crippen LogP contribution in [-0.2, 0) is 16.5 Å². The van der Waals surface area contributed by atoms with E-state index in [0.29, 0.717) is 37.3 Å². The maximum absolute atomic E-state index is 13.8. The third-order valence-electron chi connectivity index (χ3n) is 8.40. The Morgan fingerprint density at radius 3 is 2.76 bits per heavy atom. The number of rotatable bonds is 7. The molecule has 0 N–H and O–H groups in total. The first-order chi connectivity index (χ1) is 17.9. The Hall–Kier alpha value is -2.75. The van der Waals surface area contributed by atoms with Crippen LogP contribution in [0.25, 0.3) is 21.8 Å². The summed E-state index contributed by atoms with van der Waals surface area (Å²) in [4.78, 5) is 31.3. The SMILES string of the molecule is Cc1cc2c(cc1C(=O)N1CCN(CCOCC3CC3)[C@@H](C)C1)c1c(cnn1[C@H]1CCOC1)c(=O)n2C. The van der Waals surface area contributed by atoms with Crippen molar-refractivity contribution in [2.75, 3.05) is 52.6 Å². The van der Waals surface area contributed by atoms with Gasteiger partial charge in [0.25, 0.3) is 11.5 Å². The summed E-state index contributed by atoms with van der Waals surface area (Å²) in [7, 11) is 1.79. The van der Waals surface area contributed by atoms with E-state index in [2.05, 4.69) is 16.9 Å². The van der Waals surface area contributed by atoms with Crippen LogP contribution in [0.2, 0.25) is 0 Å². The fourth-order valence-corrected chi connectivity index (χ4v) is 5.86. The minimum absolute atomic E-state index is 0.0492. The molecule has 2 aromatic heterocycles. The van der Waals surface area contributed by atoms with Crippen LogP contribution < -0.4 is 5.56 Å². The molecule has 4 heterocycles. The molecule has 6 rings (SSSR count). The molecule has 3 fully saturated rings. The van der Waals surface area contributed by atoms with Crippen LogP contribution in [0.3, 0.4) is 0 Å². The molecule has 2 atom stereocenters. The van der Waals surface area contributed by atoms with Crippen molar-refractivity contribution in [1.82, 2.24) is 24.1 Å². The number of ether oxygens (including phenoxy) is 2. The zero-order valence-corrected chi connectivity index (χ0v) is 22.1. The molecule has 1 aliphatic carbocycles. The number of benzene rings is 1. The lowest BCUT2D eigenvalue weighted by molar-refractivity contribution is 0.0361. The first-order valence-electron chi connectivity index (χ1n) is 13.6. The highest BCUT2D eigenvalue weighted by molar-refractivity contribution is 6.08. The molecule has 198 valence electrons. The van der Waals surface area contributed by atoms with E-state index in [0.717, 1.165) is 60.6 Å². The molecule has 0 spiro atoms. The summed E-state index contributed by atoms with van der Waals surface area (Å²) in [6.07, 6.45) is 5.14. The molecular weight excluding hydrogens is 470 g/mol. The Kier molecular flexibility index (Phi) is 6.54. The van der Waals surface area contributed by atoms with Crippen molar-refractivity contribution < 1.29 is 14.3 Å². The van der Waals surface area contributed by atoms with Gasteiger partial charge in [0.15, 0.2) is 0 Å². The molecule has 3 aromatic rings. The monoisotopic (exact) mass is 507 g/mol. The van der Waals surface area contributed by atoms with Crippen molar-refractivity contribution in [2.45, 2.75) is 45.2 Å². The standard InChI is InChI=1S/C28H37N5O4/c1-18-12-25-23(26-24(27(34)30(25)3)14-29-33(26)21-6-10-36-17-21)13-22(18)28(35)32-8-7-31(19(2)15-32)9-11-37-16-20-4-5-20/h12-14,19-21H,4-11,15-17H2,1-3H3/t19-,21-/m0/s1. The number of hydrogen-bond donors (Lipinski definition) is 0.